The maximum atomic E-state index is 6.16. The predicted octanol–water partition coefficient (Wildman–Crippen LogP) is 4.02. The second-order valence-corrected chi connectivity index (χ2v) is 8.10. The van der Waals surface area contributed by atoms with E-state index in [1.54, 1.807) is 0 Å². The van der Waals surface area contributed by atoms with E-state index in [0.717, 1.165) is 18.3 Å². The molecule has 0 N–H and O–H groups in total. The van der Waals surface area contributed by atoms with E-state index in [-0.39, 0.29) is 36.8 Å². The van der Waals surface area contributed by atoms with Crippen molar-refractivity contribution < 1.29 is 23.5 Å². The van der Waals surface area contributed by atoms with Crippen molar-refractivity contribution in [3.63, 3.8) is 0 Å². The molecule has 0 bridgehead atoms. The molecule has 1 aromatic rings. The van der Waals surface area contributed by atoms with E-state index in [1.165, 1.54) is 0 Å². The average molecular weight is 362 g/mol. The maximum absolute atomic E-state index is 6.16. The van der Waals surface area contributed by atoms with Crippen LogP contribution in [0.15, 0.2) is 30.3 Å². The summed E-state index contributed by atoms with van der Waals surface area (Å²) in [4.78, 5) is 0. The molecule has 2 heterocycles. The average Bonchev–Trinajstić information content (AvgIpc) is 3.03. The molecule has 0 aromatic heterocycles. The molecule has 0 spiro atoms. The van der Waals surface area contributed by atoms with Crippen LogP contribution in [0.25, 0.3) is 0 Å². The molecule has 5 nitrogen and oxygen atoms in total. The van der Waals surface area contributed by atoms with E-state index >= 15 is 0 Å². The summed E-state index contributed by atoms with van der Waals surface area (Å²) in [6.45, 7) is 11.4. The van der Waals surface area contributed by atoms with Crippen molar-refractivity contribution in [2.75, 3.05) is 6.61 Å². The maximum Gasteiger partial charge on any atom is 0.458 e. The molecule has 2 aliphatic heterocycles. The van der Waals surface area contributed by atoms with Gasteiger partial charge in [0.25, 0.3) is 0 Å². The minimum Gasteiger partial charge on any atom is -0.403 e. The van der Waals surface area contributed by atoms with Crippen molar-refractivity contribution >= 4 is 7.12 Å². The van der Waals surface area contributed by atoms with E-state index in [2.05, 4.69) is 39.8 Å². The van der Waals surface area contributed by atoms with Gasteiger partial charge in [-0.3, -0.25) is 0 Å². The van der Waals surface area contributed by atoms with Crippen LogP contribution in [0, 0.1) is 5.92 Å². The second kappa shape index (κ2) is 7.99. The van der Waals surface area contributed by atoms with Gasteiger partial charge in [-0.1, -0.05) is 30.3 Å². The molecule has 2 saturated heterocycles. The highest BCUT2D eigenvalue weighted by atomic mass is 16.8. The van der Waals surface area contributed by atoms with E-state index < -0.39 is 0 Å². The Kier molecular flexibility index (Phi) is 6.09. The summed E-state index contributed by atoms with van der Waals surface area (Å²) >= 11 is 0. The number of hydrogen-bond donors (Lipinski definition) is 0. The second-order valence-electron chi connectivity index (χ2n) is 8.10. The molecule has 6 heteroatoms. The summed E-state index contributed by atoms with van der Waals surface area (Å²) in [6.07, 6.45) is 0.978. The Labute approximate surface area is 157 Å². The Morgan fingerprint density at radius 3 is 2.31 bits per heavy atom. The fourth-order valence-electron chi connectivity index (χ4n) is 3.41. The topological polar surface area (TPSA) is 46.2 Å². The fourth-order valence-corrected chi connectivity index (χ4v) is 3.41. The lowest BCUT2D eigenvalue weighted by molar-refractivity contribution is -0.213. The molecule has 3 atom stereocenters. The van der Waals surface area contributed by atoms with Crippen LogP contribution in [-0.4, -0.2) is 37.5 Å². The zero-order valence-corrected chi connectivity index (χ0v) is 16.6. The lowest BCUT2D eigenvalue weighted by Gasteiger charge is -2.32. The van der Waals surface area contributed by atoms with Gasteiger partial charge in [0.05, 0.1) is 17.8 Å². The van der Waals surface area contributed by atoms with Crippen molar-refractivity contribution in [2.24, 2.45) is 5.92 Å². The summed E-state index contributed by atoms with van der Waals surface area (Å²) < 4.78 is 30.1. The van der Waals surface area contributed by atoms with Crippen LogP contribution in [0.5, 0.6) is 0 Å². The van der Waals surface area contributed by atoms with Crippen molar-refractivity contribution in [3.8, 4) is 0 Å². The number of hydrogen-bond acceptors (Lipinski definition) is 5. The third-order valence-electron chi connectivity index (χ3n) is 5.57. The fraction of sp³-hybridized carbons (Fsp3) is 0.700. The molecule has 0 amide bonds. The minimum absolute atomic E-state index is 0.171. The van der Waals surface area contributed by atoms with Crippen LogP contribution >= 0.6 is 0 Å². The molecule has 1 aromatic carbocycles. The van der Waals surface area contributed by atoms with Gasteiger partial charge in [0.1, 0.15) is 0 Å². The highest BCUT2D eigenvalue weighted by Gasteiger charge is 2.52. The lowest BCUT2D eigenvalue weighted by atomic mass is 9.76. The SMILES string of the molecule is CCOC1C[C@H](CB2OC(C)(C)C(C)(C)O2)[C@@H](OCc2ccccc2)O1. The van der Waals surface area contributed by atoms with Crippen molar-refractivity contribution in [1.29, 1.82) is 0 Å². The molecule has 2 aliphatic rings. The smallest absolute Gasteiger partial charge is 0.403 e. The Hall–Kier alpha value is -0.915. The van der Waals surface area contributed by atoms with Gasteiger partial charge >= 0.3 is 7.12 Å². The normalized spacial score (nSPS) is 30.0. The molecular weight excluding hydrogens is 331 g/mol. The summed E-state index contributed by atoms with van der Waals surface area (Å²) in [5, 5.41) is 0. The molecule has 1 unspecified atom stereocenters. The number of benzene rings is 1. The quantitative estimate of drug-likeness (QED) is 0.686. The van der Waals surface area contributed by atoms with Gasteiger partial charge < -0.3 is 23.5 Å². The van der Waals surface area contributed by atoms with Crippen LogP contribution in [0.2, 0.25) is 6.32 Å². The molecule has 144 valence electrons. The monoisotopic (exact) mass is 362 g/mol. The predicted molar refractivity (Wildman–Crippen MR) is 101 cm³/mol. The highest BCUT2D eigenvalue weighted by Crippen LogP contribution is 2.41. The first-order valence-corrected chi connectivity index (χ1v) is 9.59. The Bertz CT molecular complexity index is 561. The minimum atomic E-state index is -0.323. The molecule has 26 heavy (non-hydrogen) atoms. The third kappa shape index (κ3) is 4.49. The zero-order valence-electron chi connectivity index (χ0n) is 16.6. The lowest BCUT2D eigenvalue weighted by Crippen LogP contribution is -2.41. The third-order valence-corrected chi connectivity index (χ3v) is 5.57. The van der Waals surface area contributed by atoms with Gasteiger partial charge in [-0.15, -0.1) is 0 Å². The van der Waals surface area contributed by atoms with E-state index in [9.17, 15) is 0 Å². The number of rotatable bonds is 7. The standard InChI is InChI=1S/C20H31BO5/c1-6-22-17-12-16(13-21-25-19(2,3)20(4,5)26-21)18(24-17)23-14-15-10-8-7-9-11-15/h7-11,16-18H,6,12-14H2,1-5H3/t16-,17?,18+/m1/s1. The van der Waals surface area contributed by atoms with Gasteiger partial charge in [-0.25, -0.2) is 0 Å². The zero-order chi connectivity index (χ0) is 18.8. The van der Waals surface area contributed by atoms with Crippen LogP contribution in [0.1, 0.15) is 46.6 Å². The molecule has 2 fully saturated rings. The summed E-state index contributed by atoms with van der Waals surface area (Å²) in [6, 6.07) is 10.1. The summed E-state index contributed by atoms with van der Waals surface area (Å²) in [7, 11) is -0.253. The number of ether oxygens (including phenoxy) is 3. The Balaban J connectivity index is 1.61. The van der Waals surface area contributed by atoms with Crippen molar-refractivity contribution in [1.82, 2.24) is 0 Å². The van der Waals surface area contributed by atoms with Gasteiger partial charge in [0.15, 0.2) is 12.6 Å². The van der Waals surface area contributed by atoms with Crippen LogP contribution in [0.4, 0.5) is 0 Å². The first-order valence-electron chi connectivity index (χ1n) is 9.59. The van der Waals surface area contributed by atoms with Gasteiger partial charge in [-0.05, 0) is 46.5 Å². The first-order chi connectivity index (χ1) is 12.3. The molecule has 0 aliphatic carbocycles. The van der Waals surface area contributed by atoms with Gasteiger partial charge in [-0.2, -0.15) is 0 Å². The summed E-state index contributed by atoms with van der Waals surface area (Å²) in [5.74, 6) is 0.171. The van der Waals surface area contributed by atoms with E-state index in [1.807, 2.05) is 25.1 Å². The van der Waals surface area contributed by atoms with Crippen molar-refractivity contribution in [3.05, 3.63) is 35.9 Å². The van der Waals surface area contributed by atoms with Gasteiger partial charge in [0.2, 0.25) is 0 Å². The van der Waals surface area contributed by atoms with Crippen molar-refractivity contribution in [2.45, 2.75) is 77.7 Å². The van der Waals surface area contributed by atoms with E-state index in [0.29, 0.717) is 13.2 Å². The van der Waals surface area contributed by atoms with Crippen LogP contribution < -0.4 is 0 Å². The Morgan fingerprint density at radius 1 is 1.04 bits per heavy atom. The van der Waals surface area contributed by atoms with Gasteiger partial charge in [0, 0.05) is 18.9 Å². The van der Waals surface area contributed by atoms with Crippen LogP contribution in [0.3, 0.4) is 0 Å². The molecular formula is C20H31BO5. The summed E-state index contributed by atoms with van der Waals surface area (Å²) in [5.41, 5.74) is 0.485. The van der Waals surface area contributed by atoms with Crippen LogP contribution in [-0.2, 0) is 30.1 Å². The largest absolute Gasteiger partial charge is 0.458 e. The molecule has 0 saturated carbocycles. The first kappa shape index (κ1) is 19.8. The Morgan fingerprint density at radius 2 is 1.69 bits per heavy atom. The highest BCUT2D eigenvalue weighted by molar-refractivity contribution is 6.45. The molecule has 3 rings (SSSR count). The molecule has 0 radical (unpaired) electrons. The van der Waals surface area contributed by atoms with E-state index in [4.69, 9.17) is 23.5 Å².